The van der Waals surface area contributed by atoms with Gasteiger partial charge in [0.1, 0.15) is 11.3 Å². The van der Waals surface area contributed by atoms with Crippen LogP contribution in [0.5, 0.6) is 0 Å². The second kappa shape index (κ2) is 8.13. The molecule has 1 amide bonds. The molecule has 0 fully saturated rings. The summed E-state index contributed by atoms with van der Waals surface area (Å²) in [4.78, 5) is 18.9. The standard InChI is InChI=1S/C23H22N2O3/c1-25(16-19-10-6-14-27-19)23(26)18-12-13-21-20(15-18)24-22(28-21)11-5-9-17-7-3-2-4-8-17/h2-4,6-8,10,12-15H,5,9,11,16H2,1H3. The predicted octanol–water partition coefficient (Wildman–Crippen LogP) is 4.87. The maximum atomic E-state index is 12.7. The topological polar surface area (TPSA) is 59.5 Å². The highest BCUT2D eigenvalue weighted by Crippen LogP contribution is 2.20. The van der Waals surface area contributed by atoms with Crippen LogP contribution in [-0.4, -0.2) is 22.8 Å². The first kappa shape index (κ1) is 18.0. The molecule has 4 aromatic rings. The average molecular weight is 374 g/mol. The van der Waals surface area contributed by atoms with Crippen molar-refractivity contribution in [3.63, 3.8) is 0 Å². The molecule has 2 heterocycles. The minimum atomic E-state index is -0.0769. The molecule has 28 heavy (non-hydrogen) atoms. The lowest BCUT2D eigenvalue weighted by Crippen LogP contribution is -2.25. The molecular formula is C23H22N2O3. The van der Waals surface area contributed by atoms with E-state index in [0.29, 0.717) is 29.1 Å². The molecule has 0 saturated heterocycles. The van der Waals surface area contributed by atoms with Crippen molar-refractivity contribution in [2.24, 2.45) is 0 Å². The molecule has 0 N–H and O–H groups in total. The van der Waals surface area contributed by atoms with Gasteiger partial charge in [0.2, 0.25) is 0 Å². The van der Waals surface area contributed by atoms with Crippen LogP contribution in [-0.2, 0) is 19.4 Å². The first-order valence-electron chi connectivity index (χ1n) is 9.40. The van der Waals surface area contributed by atoms with Crippen LogP contribution in [0.1, 0.15) is 34.0 Å². The summed E-state index contributed by atoms with van der Waals surface area (Å²) in [5.41, 5.74) is 3.32. The Bertz CT molecular complexity index is 1050. The number of furan rings is 1. The van der Waals surface area contributed by atoms with Crippen molar-refractivity contribution in [2.45, 2.75) is 25.8 Å². The molecule has 5 heteroatoms. The van der Waals surface area contributed by atoms with Crippen molar-refractivity contribution in [2.75, 3.05) is 7.05 Å². The van der Waals surface area contributed by atoms with E-state index in [1.165, 1.54) is 5.56 Å². The predicted molar refractivity (Wildman–Crippen MR) is 107 cm³/mol. The van der Waals surface area contributed by atoms with Crippen molar-refractivity contribution >= 4 is 17.0 Å². The molecule has 5 nitrogen and oxygen atoms in total. The smallest absolute Gasteiger partial charge is 0.254 e. The molecular weight excluding hydrogens is 352 g/mol. The highest BCUT2D eigenvalue weighted by Gasteiger charge is 2.15. The van der Waals surface area contributed by atoms with Gasteiger partial charge in [0.25, 0.3) is 5.91 Å². The molecule has 0 aliphatic heterocycles. The Morgan fingerprint density at radius 2 is 1.89 bits per heavy atom. The van der Waals surface area contributed by atoms with E-state index in [0.717, 1.165) is 25.0 Å². The molecule has 2 aromatic carbocycles. The van der Waals surface area contributed by atoms with E-state index >= 15 is 0 Å². The van der Waals surface area contributed by atoms with Crippen molar-refractivity contribution in [3.8, 4) is 0 Å². The molecule has 0 saturated carbocycles. The third-order valence-electron chi connectivity index (χ3n) is 4.70. The molecule has 0 aliphatic rings. The number of hydrogen-bond donors (Lipinski definition) is 0. The maximum Gasteiger partial charge on any atom is 0.254 e. The fraction of sp³-hybridized carbons (Fsp3) is 0.217. The lowest BCUT2D eigenvalue weighted by molar-refractivity contribution is 0.0775. The van der Waals surface area contributed by atoms with Gasteiger partial charge in [0.15, 0.2) is 11.5 Å². The second-order valence-corrected chi connectivity index (χ2v) is 6.87. The number of rotatable bonds is 7. The molecule has 0 aliphatic carbocycles. The summed E-state index contributed by atoms with van der Waals surface area (Å²) in [7, 11) is 1.76. The number of carbonyl (C=O) groups excluding carboxylic acids is 1. The van der Waals surface area contributed by atoms with Crippen LogP contribution in [0.2, 0.25) is 0 Å². The molecule has 0 atom stereocenters. The van der Waals surface area contributed by atoms with E-state index in [4.69, 9.17) is 8.83 Å². The van der Waals surface area contributed by atoms with Crippen LogP contribution < -0.4 is 0 Å². The highest BCUT2D eigenvalue weighted by atomic mass is 16.3. The first-order valence-corrected chi connectivity index (χ1v) is 9.40. The quantitative estimate of drug-likeness (QED) is 0.463. The van der Waals surface area contributed by atoms with E-state index < -0.39 is 0 Å². The van der Waals surface area contributed by atoms with Crippen molar-refractivity contribution in [1.82, 2.24) is 9.88 Å². The Hall–Kier alpha value is -3.34. The van der Waals surface area contributed by atoms with Crippen LogP contribution in [0.3, 0.4) is 0 Å². The Morgan fingerprint density at radius 3 is 2.68 bits per heavy atom. The van der Waals surface area contributed by atoms with Crippen LogP contribution in [0.25, 0.3) is 11.1 Å². The van der Waals surface area contributed by atoms with Gasteiger partial charge in [0, 0.05) is 19.0 Å². The maximum absolute atomic E-state index is 12.7. The number of benzene rings is 2. The molecule has 2 aromatic heterocycles. The van der Waals surface area contributed by atoms with Gasteiger partial charge < -0.3 is 13.7 Å². The van der Waals surface area contributed by atoms with Crippen LogP contribution in [0, 0.1) is 0 Å². The Labute approximate surface area is 163 Å². The molecule has 0 unspecified atom stereocenters. The third-order valence-corrected chi connectivity index (χ3v) is 4.70. The van der Waals surface area contributed by atoms with Gasteiger partial charge in [-0.05, 0) is 48.7 Å². The van der Waals surface area contributed by atoms with Crippen LogP contribution >= 0.6 is 0 Å². The van der Waals surface area contributed by atoms with Crippen molar-refractivity contribution < 1.29 is 13.6 Å². The zero-order valence-corrected chi connectivity index (χ0v) is 15.8. The average Bonchev–Trinajstić information content (AvgIpc) is 3.36. The Kier molecular flexibility index (Phi) is 5.24. The molecule has 0 spiro atoms. The summed E-state index contributed by atoms with van der Waals surface area (Å²) in [5.74, 6) is 1.38. The monoisotopic (exact) mass is 374 g/mol. The van der Waals surface area contributed by atoms with Crippen LogP contribution in [0.15, 0.2) is 75.8 Å². The third kappa shape index (κ3) is 4.14. The van der Waals surface area contributed by atoms with Crippen LogP contribution in [0.4, 0.5) is 0 Å². The Morgan fingerprint density at radius 1 is 1.04 bits per heavy atom. The number of oxazole rings is 1. The molecule has 0 bridgehead atoms. The van der Waals surface area contributed by atoms with E-state index in [-0.39, 0.29) is 5.91 Å². The van der Waals surface area contributed by atoms with Gasteiger partial charge in [-0.1, -0.05) is 30.3 Å². The fourth-order valence-corrected chi connectivity index (χ4v) is 3.23. The first-order chi connectivity index (χ1) is 13.7. The summed E-state index contributed by atoms with van der Waals surface area (Å²) in [5, 5.41) is 0. The Balaban J connectivity index is 1.41. The number of aromatic nitrogens is 1. The zero-order valence-electron chi connectivity index (χ0n) is 15.8. The van der Waals surface area contributed by atoms with E-state index in [2.05, 4.69) is 29.2 Å². The van der Waals surface area contributed by atoms with Gasteiger partial charge in [-0.25, -0.2) is 4.98 Å². The lowest BCUT2D eigenvalue weighted by atomic mass is 10.1. The van der Waals surface area contributed by atoms with Gasteiger partial charge in [-0.3, -0.25) is 4.79 Å². The summed E-state index contributed by atoms with van der Waals surface area (Å²) < 4.78 is 11.1. The highest BCUT2D eigenvalue weighted by molar-refractivity contribution is 5.96. The number of aryl methyl sites for hydroxylation is 2. The number of fused-ring (bicyclic) bond motifs is 1. The normalized spacial score (nSPS) is 11.0. The fourth-order valence-electron chi connectivity index (χ4n) is 3.23. The second-order valence-electron chi connectivity index (χ2n) is 6.87. The number of hydrogen-bond acceptors (Lipinski definition) is 4. The van der Waals surface area contributed by atoms with Gasteiger partial charge >= 0.3 is 0 Å². The molecule has 4 rings (SSSR count). The van der Waals surface area contributed by atoms with Crippen molar-refractivity contribution in [1.29, 1.82) is 0 Å². The summed E-state index contributed by atoms with van der Waals surface area (Å²) in [6.45, 7) is 0.424. The van der Waals surface area contributed by atoms with E-state index in [1.807, 2.05) is 24.3 Å². The van der Waals surface area contributed by atoms with E-state index in [9.17, 15) is 4.79 Å². The van der Waals surface area contributed by atoms with E-state index in [1.54, 1.807) is 30.3 Å². The van der Waals surface area contributed by atoms with Gasteiger partial charge in [-0.15, -0.1) is 0 Å². The number of amides is 1. The number of carbonyl (C=O) groups is 1. The summed E-state index contributed by atoms with van der Waals surface area (Å²) in [6.07, 6.45) is 4.33. The lowest BCUT2D eigenvalue weighted by Gasteiger charge is -2.15. The molecule has 0 radical (unpaired) electrons. The van der Waals surface area contributed by atoms with Gasteiger partial charge in [-0.2, -0.15) is 0 Å². The minimum absolute atomic E-state index is 0.0769. The van der Waals surface area contributed by atoms with Gasteiger partial charge in [0.05, 0.1) is 12.8 Å². The molecule has 142 valence electrons. The SMILES string of the molecule is CN(Cc1ccco1)C(=O)c1ccc2oc(CCCc3ccccc3)nc2c1. The summed E-state index contributed by atoms with van der Waals surface area (Å²) >= 11 is 0. The zero-order chi connectivity index (χ0) is 19.3. The largest absolute Gasteiger partial charge is 0.467 e. The number of nitrogens with zero attached hydrogens (tertiary/aromatic N) is 2. The van der Waals surface area contributed by atoms with Crippen molar-refractivity contribution in [3.05, 3.63) is 89.7 Å². The minimum Gasteiger partial charge on any atom is -0.467 e. The summed E-state index contributed by atoms with van der Waals surface area (Å²) in [6, 6.07) is 19.4.